The van der Waals surface area contributed by atoms with Gasteiger partial charge in [-0.25, -0.2) is 4.98 Å². The van der Waals surface area contributed by atoms with E-state index in [1.807, 2.05) is 7.05 Å². The Morgan fingerprint density at radius 3 is 2.87 bits per heavy atom. The van der Waals surface area contributed by atoms with Crippen molar-refractivity contribution < 1.29 is 0 Å². The molecule has 1 heterocycles. The number of halogens is 1. The number of hydrogen-bond acceptors (Lipinski definition) is 3. The van der Waals surface area contributed by atoms with Crippen LogP contribution in [-0.2, 0) is 0 Å². The molecule has 0 saturated heterocycles. The summed E-state index contributed by atoms with van der Waals surface area (Å²) in [4.78, 5) is 6.37. The molecule has 1 aliphatic rings. The van der Waals surface area contributed by atoms with E-state index in [1.165, 1.54) is 19.3 Å². The Hall–Kier alpha value is -0.960. The average Bonchev–Trinajstić information content (AvgIpc) is 2.11. The van der Waals surface area contributed by atoms with Crippen LogP contribution in [0.5, 0.6) is 0 Å². The molecule has 3 nitrogen and oxygen atoms in total. The first-order chi connectivity index (χ1) is 7.16. The van der Waals surface area contributed by atoms with Gasteiger partial charge < -0.3 is 10.6 Å². The molecule has 0 spiro atoms. The highest BCUT2D eigenvalue weighted by molar-refractivity contribution is 6.33. The van der Waals surface area contributed by atoms with E-state index in [0.29, 0.717) is 10.7 Å². The van der Waals surface area contributed by atoms with Gasteiger partial charge in [0.1, 0.15) is 5.82 Å². The van der Waals surface area contributed by atoms with Crippen LogP contribution >= 0.6 is 11.6 Å². The second-order valence-electron chi connectivity index (χ2n) is 4.25. The van der Waals surface area contributed by atoms with Crippen LogP contribution in [0.25, 0.3) is 0 Å². The Balaban J connectivity index is 2.06. The maximum atomic E-state index is 6.08. The molecule has 0 radical (unpaired) electrons. The zero-order valence-electron chi connectivity index (χ0n) is 8.91. The smallest absolute Gasteiger partial charge is 0.147 e. The fraction of sp³-hybridized carbons (Fsp3) is 0.545. The number of hydrogen-bond donors (Lipinski definition) is 1. The summed E-state index contributed by atoms with van der Waals surface area (Å²) in [7, 11) is 2.03. The van der Waals surface area contributed by atoms with Gasteiger partial charge in [-0.2, -0.15) is 0 Å². The molecule has 1 fully saturated rings. The minimum atomic E-state index is 0.612. The molecule has 0 aliphatic heterocycles. The van der Waals surface area contributed by atoms with Gasteiger partial charge in [-0.3, -0.25) is 0 Å². The lowest BCUT2D eigenvalue weighted by molar-refractivity contribution is 0.321. The lowest BCUT2D eigenvalue weighted by Crippen LogP contribution is -2.30. The third-order valence-electron chi connectivity index (χ3n) is 2.96. The SMILES string of the molecule is CN(CC1CCC1)c1ncc(N)cc1Cl. The predicted octanol–water partition coefficient (Wildman–Crippen LogP) is 2.55. The topological polar surface area (TPSA) is 42.2 Å². The molecule has 0 amide bonds. The number of rotatable bonds is 3. The molecular weight excluding hydrogens is 210 g/mol. The third kappa shape index (κ3) is 2.34. The molecule has 1 aromatic rings. The lowest BCUT2D eigenvalue weighted by atomic mass is 9.85. The maximum Gasteiger partial charge on any atom is 0.147 e. The molecule has 2 N–H and O–H groups in total. The highest BCUT2D eigenvalue weighted by Gasteiger charge is 2.20. The standard InChI is InChI=1S/C11H16ClN3/c1-15(7-8-3-2-4-8)11-10(12)5-9(13)6-14-11/h5-6,8H,2-4,7,13H2,1H3. The van der Waals surface area contributed by atoms with E-state index in [4.69, 9.17) is 17.3 Å². The van der Waals surface area contributed by atoms with E-state index >= 15 is 0 Å². The Labute approximate surface area is 95.2 Å². The van der Waals surface area contributed by atoms with Crippen LogP contribution in [0.15, 0.2) is 12.3 Å². The van der Waals surface area contributed by atoms with Crippen LogP contribution in [0.1, 0.15) is 19.3 Å². The molecule has 1 saturated carbocycles. The van der Waals surface area contributed by atoms with Crippen LogP contribution in [0.3, 0.4) is 0 Å². The monoisotopic (exact) mass is 225 g/mol. The molecule has 15 heavy (non-hydrogen) atoms. The molecule has 0 bridgehead atoms. The Kier molecular flexibility index (Phi) is 3.00. The van der Waals surface area contributed by atoms with Gasteiger partial charge in [-0.05, 0) is 24.8 Å². The van der Waals surface area contributed by atoms with Gasteiger partial charge in [0.2, 0.25) is 0 Å². The van der Waals surface area contributed by atoms with Gasteiger partial charge in [-0.1, -0.05) is 18.0 Å². The van der Waals surface area contributed by atoms with Crippen LogP contribution < -0.4 is 10.6 Å². The first-order valence-electron chi connectivity index (χ1n) is 5.29. The lowest BCUT2D eigenvalue weighted by Gasteiger charge is -2.31. The van der Waals surface area contributed by atoms with E-state index in [9.17, 15) is 0 Å². The summed E-state index contributed by atoms with van der Waals surface area (Å²) in [5, 5.41) is 0.636. The van der Waals surface area contributed by atoms with Crippen molar-refractivity contribution in [3.05, 3.63) is 17.3 Å². The van der Waals surface area contributed by atoms with Gasteiger partial charge in [-0.15, -0.1) is 0 Å². The van der Waals surface area contributed by atoms with E-state index < -0.39 is 0 Å². The van der Waals surface area contributed by atoms with Gasteiger partial charge in [0.05, 0.1) is 16.9 Å². The van der Waals surface area contributed by atoms with E-state index in [0.717, 1.165) is 18.3 Å². The van der Waals surface area contributed by atoms with Crippen LogP contribution in [-0.4, -0.2) is 18.6 Å². The highest BCUT2D eigenvalue weighted by Crippen LogP contribution is 2.30. The van der Waals surface area contributed by atoms with E-state index in [2.05, 4.69) is 9.88 Å². The van der Waals surface area contributed by atoms with Gasteiger partial charge in [0.15, 0.2) is 0 Å². The van der Waals surface area contributed by atoms with Crippen molar-refractivity contribution in [2.75, 3.05) is 24.2 Å². The first-order valence-corrected chi connectivity index (χ1v) is 5.67. The summed E-state index contributed by atoms with van der Waals surface area (Å²) >= 11 is 6.08. The minimum Gasteiger partial charge on any atom is -0.397 e. The minimum absolute atomic E-state index is 0.612. The second-order valence-corrected chi connectivity index (χ2v) is 4.66. The first kappa shape index (κ1) is 10.6. The maximum absolute atomic E-state index is 6.08. The molecule has 1 aliphatic carbocycles. The molecule has 2 rings (SSSR count). The van der Waals surface area contributed by atoms with Gasteiger partial charge in [0, 0.05) is 13.6 Å². The third-order valence-corrected chi connectivity index (χ3v) is 3.24. The Morgan fingerprint density at radius 2 is 2.33 bits per heavy atom. The van der Waals surface area contributed by atoms with Crippen LogP contribution in [0.2, 0.25) is 5.02 Å². The number of pyridine rings is 1. The zero-order chi connectivity index (χ0) is 10.8. The van der Waals surface area contributed by atoms with Crippen LogP contribution in [0.4, 0.5) is 11.5 Å². The summed E-state index contributed by atoms with van der Waals surface area (Å²) in [5.41, 5.74) is 6.21. The summed E-state index contributed by atoms with van der Waals surface area (Å²) < 4.78 is 0. The van der Waals surface area contributed by atoms with Crippen molar-refractivity contribution in [3.8, 4) is 0 Å². The molecular formula is C11H16ClN3. The summed E-state index contributed by atoms with van der Waals surface area (Å²) in [6.07, 6.45) is 5.67. The highest BCUT2D eigenvalue weighted by atomic mass is 35.5. The van der Waals surface area contributed by atoms with Gasteiger partial charge >= 0.3 is 0 Å². The fourth-order valence-electron chi connectivity index (χ4n) is 1.88. The van der Waals surface area contributed by atoms with Crippen molar-refractivity contribution in [2.24, 2.45) is 5.92 Å². The largest absolute Gasteiger partial charge is 0.397 e. The molecule has 4 heteroatoms. The summed E-state index contributed by atoms with van der Waals surface area (Å²) in [5.74, 6) is 1.64. The molecule has 0 aromatic carbocycles. The summed E-state index contributed by atoms with van der Waals surface area (Å²) in [6, 6.07) is 1.75. The fourth-order valence-corrected chi connectivity index (χ4v) is 2.19. The molecule has 82 valence electrons. The molecule has 0 atom stereocenters. The van der Waals surface area contributed by atoms with Crippen LogP contribution in [0, 0.1) is 5.92 Å². The van der Waals surface area contributed by atoms with Crippen molar-refractivity contribution in [2.45, 2.75) is 19.3 Å². The van der Waals surface area contributed by atoms with Crippen molar-refractivity contribution in [3.63, 3.8) is 0 Å². The van der Waals surface area contributed by atoms with Crippen molar-refractivity contribution >= 4 is 23.1 Å². The van der Waals surface area contributed by atoms with E-state index in [-0.39, 0.29) is 0 Å². The zero-order valence-corrected chi connectivity index (χ0v) is 9.67. The van der Waals surface area contributed by atoms with Gasteiger partial charge in [0.25, 0.3) is 0 Å². The Bertz CT molecular complexity index is 350. The quantitative estimate of drug-likeness (QED) is 0.860. The second kappa shape index (κ2) is 4.27. The number of aromatic nitrogens is 1. The average molecular weight is 226 g/mol. The molecule has 1 aromatic heterocycles. The number of nitrogens with two attached hydrogens (primary N) is 1. The van der Waals surface area contributed by atoms with Crippen molar-refractivity contribution in [1.82, 2.24) is 4.98 Å². The number of nitrogens with zero attached hydrogens (tertiary/aromatic N) is 2. The summed E-state index contributed by atoms with van der Waals surface area (Å²) in [6.45, 7) is 1.04. The Morgan fingerprint density at radius 1 is 1.60 bits per heavy atom. The number of nitrogen functional groups attached to an aromatic ring is 1. The molecule has 0 unspecified atom stereocenters. The number of anilines is 2. The van der Waals surface area contributed by atoms with Crippen molar-refractivity contribution in [1.29, 1.82) is 0 Å². The predicted molar refractivity (Wildman–Crippen MR) is 64.3 cm³/mol. The van der Waals surface area contributed by atoms with E-state index in [1.54, 1.807) is 12.3 Å². The normalized spacial score (nSPS) is 16.1.